The number of aryl methyl sites for hydroxylation is 2. The van der Waals surface area contributed by atoms with Crippen LogP contribution >= 0.6 is 11.6 Å². The second kappa shape index (κ2) is 15.2. The van der Waals surface area contributed by atoms with Gasteiger partial charge < -0.3 is 10.2 Å². The Labute approximate surface area is 305 Å². The topological polar surface area (TPSA) is 83.0 Å². The van der Waals surface area contributed by atoms with E-state index in [-0.39, 0.29) is 30.0 Å². The summed E-state index contributed by atoms with van der Waals surface area (Å²) < 4.78 is 42.9. The molecule has 52 heavy (non-hydrogen) atoms. The fraction of sp³-hybridized carbons (Fsp3) is 0.390. The van der Waals surface area contributed by atoms with Gasteiger partial charge in [0.05, 0.1) is 10.5 Å². The number of piperidine rings is 1. The molecule has 8 rings (SSSR count). The number of carbonyl (C=O) groups excluding carboxylic acids is 1. The maximum atomic E-state index is 13.7. The highest BCUT2D eigenvalue weighted by Gasteiger charge is 2.40. The summed E-state index contributed by atoms with van der Waals surface area (Å²) in [5.41, 5.74) is 6.41. The van der Waals surface area contributed by atoms with Crippen molar-refractivity contribution >= 4 is 45.0 Å². The van der Waals surface area contributed by atoms with E-state index in [4.69, 9.17) is 11.6 Å². The highest BCUT2D eigenvalue weighted by atomic mass is 35.5. The molecule has 2 N–H and O–H groups in total. The van der Waals surface area contributed by atoms with Crippen LogP contribution in [0.1, 0.15) is 74.6 Å². The van der Waals surface area contributed by atoms with Gasteiger partial charge in [-0.05, 0) is 109 Å². The number of pyridine rings is 1. The predicted molar refractivity (Wildman–Crippen MR) is 201 cm³/mol. The number of nitrogens with one attached hydrogen (secondary N) is 2. The Balaban J connectivity index is 0.000000539. The Morgan fingerprint density at radius 1 is 1.02 bits per heavy atom. The molecule has 4 aromatic rings. The highest BCUT2D eigenvalue weighted by Crippen LogP contribution is 2.50. The van der Waals surface area contributed by atoms with Crippen LogP contribution in [0.4, 0.5) is 13.2 Å². The summed E-state index contributed by atoms with van der Waals surface area (Å²) in [6, 6.07) is 11.8. The van der Waals surface area contributed by atoms with E-state index in [0.717, 1.165) is 68.4 Å². The lowest BCUT2D eigenvalue weighted by molar-refractivity contribution is -0.145. The van der Waals surface area contributed by atoms with Crippen molar-refractivity contribution in [1.82, 2.24) is 24.8 Å². The Bertz CT molecular complexity index is 2140. The van der Waals surface area contributed by atoms with Gasteiger partial charge in [0, 0.05) is 56.0 Å². The number of aromatic nitrogens is 3. The van der Waals surface area contributed by atoms with Crippen LogP contribution in [0.5, 0.6) is 0 Å². The third-order valence-electron chi connectivity index (χ3n) is 11.0. The molecule has 7 nitrogen and oxygen atoms in total. The van der Waals surface area contributed by atoms with E-state index < -0.39 is 18.5 Å². The standard InChI is InChI=1S/C35H36ClF3N4O2.C6H7N/c1-2-21-5-6-22-7-8-26-27(31(22)32(21)36)10-9-25-23(16-20(17-28(25)26)19-35(37,38)39)18-30(44)42-14-11-24(12-15-42)43-29-4-3-13-40-33(29)41-34(43)45;1-2-4-6-7-5-3-1/h3-8,13,20,23-24H,2,9-12,14-19H2,1H3,(H,40,41,45);1-7H. The van der Waals surface area contributed by atoms with Crippen molar-refractivity contribution in [1.29, 1.82) is 0 Å². The lowest BCUT2D eigenvalue weighted by atomic mass is 9.67. The maximum Gasteiger partial charge on any atom is 0.389 e. The number of hydrogen-bond donors (Lipinski definition) is 2. The van der Waals surface area contributed by atoms with Gasteiger partial charge in [0.15, 0.2) is 5.65 Å². The minimum absolute atomic E-state index is 0.0224. The minimum Gasteiger partial charge on any atom is -0.368 e. The van der Waals surface area contributed by atoms with E-state index in [1.54, 1.807) is 16.8 Å². The van der Waals surface area contributed by atoms with Crippen LogP contribution in [0.25, 0.3) is 27.5 Å². The number of nitrogens with zero attached hydrogens (tertiary/aromatic N) is 3. The van der Waals surface area contributed by atoms with E-state index in [2.05, 4.69) is 34.3 Å². The molecular weight excluding hydrogens is 687 g/mol. The monoisotopic (exact) mass is 729 g/mol. The molecule has 2 aromatic carbocycles. The normalized spacial score (nSPS) is 20.3. The van der Waals surface area contributed by atoms with E-state index in [1.165, 1.54) is 0 Å². The number of imidazole rings is 1. The summed E-state index contributed by atoms with van der Waals surface area (Å²) in [4.78, 5) is 35.3. The van der Waals surface area contributed by atoms with Gasteiger partial charge in [-0.3, -0.25) is 14.3 Å². The van der Waals surface area contributed by atoms with Crippen LogP contribution in [0.15, 0.2) is 89.7 Å². The molecule has 1 saturated heterocycles. The minimum atomic E-state index is -4.27. The number of fused-ring (bicyclic) bond motifs is 5. The number of carbonyl (C=O) groups is 1. The fourth-order valence-corrected chi connectivity index (χ4v) is 9.04. The number of aromatic amines is 1. The van der Waals surface area contributed by atoms with Crippen LogP contribution in [0.2, 0.25) is 5.02 Å². The number of alkyl halides is 3. The first kappa shape index (κ1) is 35.8. The second-order valence-corrected chi connectivity index (χ2v) is 14.5. The molecule has 2 unspecified atom stereocenters. The molecule has 2 aliphatic carbocycles. The molecule has 1 amide bonds. The van der Waals surface area contributed by atoms with Crippen LogP contribution in [0, 0.1) is 11.8 Å². The lowest BCUT2D eigenvalue weighted by Gasteiger charge is -2.39. The lowest BCUT2D eigenvalue weighted by Crippen LogP contribution is -2.41. The molecule has 2 aromatic heterocycles. The number of benzene rings is 2. The molecule has 11 heteroatoms. The average Bonchev–Trinajstić information content (AvgIpc) is 3.26. The zero-order valence-corrected chi connectivity index (χ0v) is 29.9. The van der Waals surface area contributed by atoms with E-state index in [9.17, 15) is 22.8 Å². The number of allylic oxidation sites excluding steroid dienone is 6. The molecule has 0 radical (unpaired) electrons. The largest absolute Gasteiger partial charge is 0.389 e. The molecule has 2 atom stereocenters. The van der Waals surface area contributed by atoms with Crippen molar-refractivity contribution in [3.8, 4) is 0 Å². The summed E-state index contributed by atoms with van der Waals surface area (Å²) >= 11 is 6.89. The van der Waals surface area contributed by atoms with Crippen molar-refractivity contribution in [2.75, 3.05) is 13.1 Å². The Hall–Kier alpha value is -4.57. The third kappa shape index (κ3) is 7.49. The summed E-state index contributed by atoms with van der Waals surface area (Å²) in [5.74, 6) is -0.825. The molecule has 4 heterocycles. The number of H-pyrrole nitrogens is 1. The zero-order chi connectivity index (χ0) is 36.4. The van der Waals surface area contributed by atoms with Gasteiger partial charge in [0.2, 0.25) is 5.91 Å². The summed E-state index contributed by atoms with van der Waals surface area (Å²) in [6.45, 7) is 3.07. The molecular formula is C41H43ClF3N5O2. The maximum absolute atomic E-state index is 13.7. The van der Waals surface area contributed by atoms with E-state index in [0.29, 0.717) is 44.4 Å². The zero-order valence-electron chi connectivity index (χ0n) is 29.2. The van der Waals surface area contributed by atoms with E-state index >= 15 is 0 Å². The molecule has 0 spiro atoms. The third-order valence-corrected chi connectivity index (χ3v) is 11.4. The van der Waals surface area contributed by atoms with Crippen molar-refractivity contribution < 1.29 is 18.0 Å². The Morgan fingerprint density at radius 3 is 2.50 bits per heavy atom. The summed E-state index contributed by atoms with van der Waals surface area (Å²) in [5, 5.41) is 5.72. The smallest absolute Gasteiger partial charge is 0.368 e. The molecule has 2 aliphatic heterocycles. The first-order valence-electron chi connectivity index (χ1n) is 18.2. The fourth-order valence-electron chi connectivity index (χ4n) is 8.63. The molecule has 0 bridgehead atoms. The number of amides is 1. The molecule has 0 saturated carbocycles. The van der Waals surface area contributed by atoms with Crippen molar-refractivity contribution in [3.63, 3.8) is 0 Å². The predicted octanol–water partition coefficient (Wildman–Crippen LogP) is 9.20. The van der Waals surface area contributed by atoms with E-state index in [1.807, 2.05) is 59.8 Å². The molecule has 1 fully saturated rings. The summed E-state index contributed by atoms with van der Waals surface area (Å²) in [6.07, 6.45) is 12.6. The number of likely N-dealkylation sites (tertiary alicyclic amines) is 1. The summed E-state index contributed by atoms with van der Waals surface area (Å²) in [7, 11) is 0. The van der Waals surface area contributed by atoms with Crippen molar-refractivity contribution in [2.24, 2.45) is 11.8 Å². The molecule has 4 aliphatic rings. The van der Waals surface area contributed by atoms with Gasteiger partial charge in [-0.15, -0.1) is 0 Å². The molecule has 272 valence electrons. The number of hydrogen-bond acceptors (Lipinski definition) is 4. The quantitative estimate of drug-likeness (QED) is 0.215. The number of rotatable bonds is 5. The van der Waals surface area contributed by atoms with Crippen LogP contribution < -0.4 is 11.0 Å². The van der Waals surface area contributed by atoms with Gasteiger partial charge in [-0.1, -0.05) is 60.5 Å². The second-order valence-electron chi connectivity index (χ2n) is 14.2. The number of halogens is 4. The van der Waals surface area contributed by atoms with Gasteiger partial charge in [-0.25, -0.2) is 9.78 Å². The SMILES string of the molecule is C1=CC=CNC=C1.CCc1ccc2ccc3c(c2c1Cl)CCC1=C3CC(CC(F)(F)F)CC1CC(=O)N1CCC(n2c(=O)[nH]c3ncccc32)CC1. The van der Waals surface area contributed by atoms with Crippen LogP contribution in [0.3, 0.4) is 0 Å². The first-order valence-corrected chi connectivity index (χ1v) is 18.6. The van der Waals surface area contributed by atoms with Crippen LogP contribution in [-0.2, 0) is 17.6 Å². The van der Waals surface area contributed by atoms with Crippen LogP contribution in [-0.4, -0.2) is 44.6 Å². The highest BCUT2D eigenvalue weighted by molar-refractivity contribution is 6.36. The van der Waals surface area contributed by atoms with Gasteiger partial charge in [-0.2, -0.15) is 13.2 Å². The average molecular weight is 730 g/mol. The van der Waals surface area contributed by atoms with Crippen molar-refractivity contribution in [2.45, 2.75) is 76.9 Å². The van der Waals surface area contributed by atoms with Gasteiger partial charge in [0.25, 0.3) is 0 Å². The Kier molecular flexibility index (Phi) is 10.5. The Morgan fingerprint density at radius 2 is 1.77 bits per heavy atom. The van der Waals surface area contributed by atoms with Gasteiger partial charge >= 0.3 is 11.9 Å². The first-order chi connectivity index (χ1) is 25.1. The van der Waals surface area contributed by atoms with Gasteiger partial charge in [0.1, 0.15) is 0 Å². The van der Waals surface area contributed by atoms with Crippen molar-refractivity contribution in [3.05, 3.63) is 117 Å².